The lowest BCUT2D eigenvalue weighted by atomic mass is 10.0. The van der Waals surface area contributed by atoms with Crippen molar-refractivity contribution in [2.75, 3.05) is 12.3 Å². The van der Waals surface area contributed by atoms with Gasteiger partial charge in [-0.25, -0.2) is 9.97 Å². The molecule has 7 heteroatoms. The number of carbonyl (C=O) groups excluding carboxylic acids is 1. The van der Waals surface area contributed by atoms with Crippen molar-refractivity contribution >= 4 is 11.7 Å². The Morgan fingerprint density at radius 2 is 2.09 bits per heavy atom. The molecule has 7 nitrogen and oxygen atoms in total. The maximum Gasteiger partial charge on any atom is 0.276 e. The molecule has 3 heterocycles. The van der Waals surface area contributed by atoms with Crippen molar-refractivity contribution in [3.05, 3.63) is 35.5 Å². The number of aryl methyl sites for hydroxylation is 2. The van der Waals surface area contributed by atoms with Gasteiger partial charge in [0.15, 0.2) is 11.5 Å². The molecule has 0 aromatic carbocycles. The van der Waals surface area contributed by atoms with Crippen molar-refractivity contribution in [1.82, 2.24) is 24.6 Å². The third-order valence-electron chi connectivity index (χ3n) is 4.30. The second-order valence-electron chi connectivity index (χ2n) is 6.05. The number of nitrogen functional groups attached to an aromatic ring is 1. The van der Waals surface area contributed by atoms with E-state index in [-0.39, 0.29) is 23.5 Å². The van der Waals surface area contributed by atoms with E-state index < -0.39 is 0 Å². The van der Waals surface area contributed by atoms with Crippen LogP contribution in [0.25, 0.3) is 0 Å². The van der Waals surface area contributed by atoms with Crippen molar-refractivity contribution in [2.24, 2.45) is 0 Å². The third-order valence-corrected chi connectivity index (χ3v) is 4.30. The van der Waals surface area contributed by atoms with Gasteiger partial charge in [0.1, 0.15) is 0 Å². The van der Waals surface area contributed by atoms with Gasteiger partial charge in [-0.15, -0.1) is 0 Å². The first kappa shape index (κ1) is 15.5. The zero-order valence-electron chi connectivity index (χ0n) is 13.6. The van der Waals surface area contributed by atoms with Gasteiger partial charge in [-0.1, -0.05) is 0 Å². The van der Waals surface area contributed by atoms with Gasteiger partial charge in [-0.3, -0.25) is 9.48 Å². The van der Waals surface area contributed by atoms with Crippen LogP contribution in [0.3, 0.4) is 0 Å². The van der Waals surface area contributed by atoms with Crippen molar-refractivity contribution < 1.29 is 4.79 Å². The summed E-state index contributed by atoms with van der Waals surface area (Å²) in [6.45, 7) is 5.44. The van der Waals surface area contributed by atoms with Gasteiger partial charge in [-0.05, 0) is 39.2 Å². The predicted octanol–water partition coefficient (Wildman–Crippen LogP) is 1.57. The molecule has 1 saturated heterocycles. The Bertz CT molecular complexity index is 710. The Morgan fingerprint density at radius 3 is 2.78 bits per heavy atom. The predicted molar refractivity (Wildman–Crippen MR) is 86.8 cm³/mol. The number of amides is 1. The number of hydrogen-bond donors (Lipinski definition) is 1. The van der Waals surface area contributed by atoms with Crippen LogP contribution < -0.4 is 5.73 Å². The summed E-state index contributed by atoms with van der Waals surface area (Å²) in [4.78, 5) is 22.8. The quantitative estimate of drug-likeness (QED) is 0.928. The number of nitrogens with zero attached hydrogens (tertiary/aromatic N) is 5. The summed E-state index contributed by atoms with van der Waals surface area (Å²) >= 11 is 0. The van der Waals surface area contributed by atoms with E-state index in [1.165, 1.54) is 12.4 Å². The monoisotopic (exact) mass is 314 g/mol. The molecule has 1 unspecified atom stereocenters. The Balaban J connectivity index is 1.83. The molecule has 0 aliphatic carbocycles. The van der Waals surface area contributed by atoms with Gasteiger partial charge in [-0.2, -0.15) is 5.10 Å². The molecule has 1 aliphatic rings. The topological polar surface area (TPSA) is 89.9 Å². The summed E-state index contributed by atoms with van der Waals surface area (Å²) in [7, 11) is 0. The zero-order valence-corrected chi connectivity index (χ0v) is 13.6. The molecule has 122 valence electrons. The van der Waals surface area contributed by atoms with Crippen LogP contribution in [0.2, 0.25) is 0 Å². The van der Waals surface area contributed by atoms with Gasteiger partial charge < -0.3 is 10.6 Å². The molecule has 3 rings (SSSR count). The average Bonchev–Trinajstić information content (AvgIpc) is 2.85. The summed E-state index contributed by atoms with van der Waals surface area (Å²) in [5.41, 5.74) is 8.16. The molecule has 1 atom stereocenters. The first-order chi connectivity index (χ1) is 11.1. The van der Waals surface area contributed by atoms with E-state index >= 15 is 0 Å². The average molecular weight is 314 g/mol. The molecular formula is C16H22N6O. The van der Waals surface area contributed by atoms with E-state index in [9.17, 15) is 4.79 Å². The molecule has 1 amide bonds. The first-order valence-corrected chi connectivity index (χ1v) is 7.95. The number of rotatable bonds is 3. The maximum atomic E-state index is 12.8. The van der Waals surface area contributed by atoms with Crippen LogP contribution in [-0.2, 0) is 6.54 Å². The van der Waals surface area contributed by atoms with Gasteiger partial charge >= 0.3 is 0 Å². The Hall–Kier alpha value is -2.44. The molecule has 0 radical (unpaired) electrons. The molecule has 1 aliphatic heterocycles. The normalized spacial score (nSPS) is 18.2. The minimum atomic E-state index is -0.137. The summed E-state index contributed by atoms with van der Waals surface area (Å²) in [5.74, 6) is 0.0507. The number of hydrogen-bond acceptors (Lipinski definition) is 5. The Morgan fingerprint density at radius 1 is 1.30 bits per heavy atom. The molecule has 0 spiro atoms. The van der Waals surface area contributed by atoms with Crippen molar-refractivity contribution in [3.63, 3.8) is 0 Å². The summed E-state index contributed by atoms with van der Waals surface area (Å²) in [6.07, 6.45) is 6.08. The molecule has 0 bridgehead atoms. The highest BCUT2D eigenvalue weighted by molar-refractivity contribution is 5.96. The lowest BCUT2D eigenvalue weighted by Gasteiger charge is -2.35. The number of anilines is 1. The van der Waals surface area contributed by atoms with E-state index in [0.717, 1.165) is 37.2 Å². The number of aromatic nitrogens is 4. The van der Waals surface area contributed by atoms with Crippen LogP contribution in [0, 0.1) is 13.8 Å². The van der Waals surface area contributed by atoms with Gasteiger partial charge in [0.25, 0.3) is 5.91 Å². The van der Waals surface area contributed by atoms with Gasteiger partial charge in [0.05, 0.1) is 18.3 Å². The molecule has 2 aromatic heterocycles. The van der Waals surface area contributed by atoms with Crippen molar-refractivity contribution in [3.8, 4) is 0 Å². The maximum absolute atomic E-state index is 12.8. The fourth-order valence-corrected chi connectivity index (χ4v) is 3.17. The lowest BCUT2D eigenvalue weighted by molar-refractivity contribution is 0.0577. The summed E-state index contributed by atoms with van der Waals surface area (Å²) < 4.78 is 1.98. The fourth-order valence-electron chi connectivity index (χ4n) is 3.17. The number of carbonyl (C=O) groups is 1. The number of likely N-dealkylation sites (tertiary alicyclic amines) is 1. The highest BCUT2D eigenvalue weighted by atomic mass is 16.2. The van der Waals surface area contributed by atoms with Crippen molar-refractivity contribution in [1.29, 1.82) is 0 Å². The largest absolute Gasteiger partial charge is 0.382 e. The number of piperidine rings is 1. The van der Waals surface area contributed by atoms with Crippen LogP contribution in [0.15, 0.2) is 18.5 Å². The zero-order chi connectivity index (χ0) is 16.4. The van der Waals surface area contributed by atoms with Crippen LogP contribution in [0.5, 0.6) is 0 Å². The van der Waals surface area contributed by atoms with E-state index in [0.29, 0.717) is 6.54 Å². The molecule has 0 saturated carbocycles. The van der Waals surface area contributed by atoms with Crippen LogP contribution in [-0.4, -0.2) is 43.1 Å². The molecule has 2 aromatic rings. The Kier molecular flexibility index (Phi) is 4.27. The van der Waals surface area contributed by atoms with Crippen LogP contribution in [0.4, 0.5) is 5.82 Å². The van der Waals surface area contributed by atoms with Crippen LogP contribution in [0.1, 0.15) is 41.1 Å². The lowest BCUT2D eigenvalue weighted by Crippen LogP contribution is -2.46. The second-order valence-corrected chi connectivity index (χ2v) is 6.05. The van der Waals surface area contributed by atoms with Gasteiger partial charge in [0, 0.05) is 24.6 Å². The minimum absolute atomic E-state index is 0.107. The van der Waals surface area contributed by atoms with Gasteiger partial charge in [0.2, 0.25) is 0 Å². The van der Waals surface area contributed by atoms with E-state index in [4.69, 9.17) is 5.73 Å². The second kappa shape index (κ2) is 6.36. The first-order valence-electron chi connectivity index (χ1n) is 7.95. The number of nitrogens with two attached hydrogens (primary N) is 1. The molecular weight excluding hydrogens is 292 g/mol. The van der Waals surface area contributed by atoms with Crippen LogP contribution >= 0.6 is 0 Å². The van der Waals surface area contributed by atoms with E-state index in [2.05, 4.69) is 21.1 Å². The standard InChI is InChI=1S/C16H22N6O/c1-11-9-12(2)22(20-11)10-13-5-3-4-8-21(13)16(23)14-15(17)19-7-6-18-14/h6-7,9,13H,3-5,8,10H2,1-2H3,(H2,17,19). The van der Waals surface area contributed by atoms with E-state index in [1.54, 1.807) is 0 Å². The third kappa shape index (κ3) is 3.18. The minimum Gasteiger partial charge on any atom is -0.382 e. The SMILES string of the molecule is Cc1cc(C)n(CC2CCCCN2C(=O)c2nccnc2N)n1. The molecule has 2 N–H and O–H groups in total. The summed E-state index contributed by atoms with van der Waals surface area (Å²) in [5, 5.41) is 4.51. The highest BCUT2D eigenvalue weighted by Crippen LogP contribution is 2.22. The molecule has 1 fully saturated rings. The Labute approximate surface area is 135 Å². The summed E-state index contributed by atoms with van der Waals surface area (Å²) in [6, 6.07) is 2.16. The molecule has 23 heavy (non-hydrogen) atoms. The smallest absolute Gasteiger partial charge is 0.276 e. The highest BCUT2D eigenvalue weighted by Gasteiger charge is 2.30. The fraction of sp³-hybridized carbons (Fsp3) is 0.500. The van der Waals surface area contributed by atoms with E-state index in [1.807, 2.05) is 23.4 Å². The van der Waals surface area contributed by atoms with Crippen molar-refractivity contribution in [2.45, 2.75) is 45.7 Å².